The van der Waals surface area contributed by atoms with Gasteiger partial charge in [-0.15, -0.1) is 13.2 Å². The molecule has 0 spiro atoms. The lowest BCUT2D eigenvalue weighted by Crippen LogP contribution is -2.18. The van der Waals surface area contributed by atoms with Crippen LogP contribution in [0.2, 0.25) is 0 Å². The Morgan fingerprint density at radius 3 is 2.37 bits per heavy atom. The summed E-state index contributed by atoms with van der Waals surface area (Å²) in [7, 11) is -2.22. The summed E-state index contributed by atoms with van der Waals surface area (Å²) < 4.78 is 65.9. The quantitative estimate of drug-likeness (QED) is 0.746. The molecule has 0 aliphatic rings. The zero-order chi connectivity index (χ0) is 20.1. The number of nitrogens with one attached hydrogen (secondary N) is 2. The Kier molecular flexibility index (Phi) is 6.45. The lowest BCUT2D eigenvalue weighted by Gasteiger charge is -2.11. The predicted molar refractivity (Wildman–Crippen MR) is 92.8 cm³/mol. The van der Waals surface area contributed by atoms with Gasteiger partial charge in [0.15, 0.2) is 0 Å². The summed E-state index contributed by atoms with van der Waals surface area (Å²) in [6.45, 7) is 0. The van der Waals surface area contributed by atoms with Crippen molar-refractivity contribution in [1.29, 1.82) is 0 Å². The van der Waals surface area contributed by atoms with E-state index in [0.717, 1.165) is 17.7 Å². The summed E-state index contributed by atoms with van der Waals surface area (Å²) in [5.41, 5.74) is 0.923. The Labute approximate surface area is 154 Å². The van der Waals surface area contributed by atoms with E-state index >= 15 is 0 Å². The molecule has 0 radical (unpaired) electrons. The zero-order valence-corrected chi connectivity index (χ0v) is 15.0. The molecular weight excluding hydrogens is 385 g/mol. The number of hydrogen-bond acceptors (Lipinski definition) is 4. The third kappa shape index (κ3) is 6.57. The number of rotatable bonds is 7. The average Bonchev–Trinajstić information content (AvgIpc) is 2.59. The summed E-state index contributed by atoms with van der Waals surface area (Å²) in [4.78, 5) is 12.1. The van der Waals surface area contributed by atoms with Crippen LogP contribution >= 0.6 is 0 Å². The van der Waals surface area contributed by atoms with Crippen LogP contribution < -0.4 is 14.8 Å². The van der Waals surface area contributed by atoms with Crippen LogP contribution in [-0.2, 0) is 21.2 Å². The van der Waals surface area contributed by atoms with Crippen molar-refractivity contribution < 1.29 is 31.1 Å². The molecule has 0 fully saturated rings. The summed E-state index contributed by atoms with van der Waals surface area (Å²) in [6, 6.07) is 11.0. The standard InChI is InChI=1S/C17H17F3N2O4S/c1-21-27(24,25)15-8-5-12(6-9-15)7-10-16(23)22-13-3-2-4-14(11-13)26-17(18,19)20/h2-6,8-9,11,21H,7,10H2,1H3,(H,22,23). The van der Waals surface area contributed by atoms with Gasteiger partial charge in [0.1, 0.15) is 5.75 Å². The third-order valence-corrected chi connectivity index (χ3v) is 4.92. The number of carbonyl (C=O) groups is 1. The van der Waals surface area contributed by atoms with E-state index in [1.807, 2.05) is 0 Å². The maximum Gasteiger partial charge on any atom is 0.573 e. The highest BCUT2D eigenvalue weighted by molar-refractivity contribution is 7.89. The van der Waals surface area contributed by atoms with Gasteiger partial charge in [0, 0.05) is 18.2 Å². The lowest BCUT2D eigenvalue weighted by atomic mass is 10.1. The first-order valence-electron chi connectivity index (χ1n) is 7.77. The van der Waals surface area contributed by atoms with Crippen molar-refractivity contribution in [2.75, 3.05) is 12.4 Å². The predicted octanol–water partition coefficient (Wildman–Crippen LogP) is 3.06. The fourth-order valence-electron chi connectivity index (χ4n) is 2.21. The summed E-state index contributed by atoms with van der Waals surface area (Å²) in [6.07, 6.45) is -4.40. The molecule has 146 valence electrons. The van der Waals surface area contributed by atoms with Crippen molar-refractivity contribution in [3.8, 4) is 5.75 Å². The van der Waals surface area contributed by atoms with Gasteiger partial charge in [0.2, 0.25) is 15.9 Å². The monoisotopic (exact) mass is 402 g/mol. The second-order valence-corrected chi connectivity index (χ2v) is 7.36. The number of anilines is 1. The Morgan fingerprint density at radius 1 is 1.11 bits per heavy atom. The van der Waals surface area contributed by atoms with Crippen LogP contribution in [0.15, 0.2) is 53.4 Å². The summed E-state index contributed by atoms with van der Waals surface area (Å²) >= 11 is 0. The van der Waals surface area contributed by atoms with Crippen LogP contribution in [0.4, 0.5) is 18.9 Å². The van der Waals surface area contributed by atoms with Gasteiger partial charge in [-0.2, -0.15) is 0 Å². The van der Waals surface area contributed by atoms with Gasteiger partial charge in [-0.1, -0.05) is 18.2 Å². The second-order valence-electron chi connectivity index (χ2n) is 5.48. The molecule has 0 bridgehead atoms. The van der Waals surface area contributed by atoms with Crippen molar-refractivity contribution >= 4 is 21.6 Å². The highest BCUT2D eigenvalue weighted by Crippen LogP contribution is 2.25. The molecule has 10 heteroatoms. The van der Waals surface area contributed by atoms with Gasteiger partial charge in [0.25, 0.3) is 0 Å². The molecule has 0 aromatic heterocycles. The highest BCUT2D eigenvalue weighted by Gasteiger charge is 2.31. The number of alkyl halides is 3. The van der Waals surface area contributed by atoms with Crippen molar-refractivity contribution in [1.82, 2.24) is 4.72 Å². The van der Waals surface area contributed by atoms with E-state index in [2.05, 4.69) is 14.8 Å². The first kappa shape index (κ1) is 20.7. The Bertz CT molecular complexity index is 897. The maximum absolute atomic E-state index is 12.2. The first-order chi connectivity index (χ1) is 12.6. The molecule has 2 aromatic rings. The number of halogens is 3. The Balaban J connectivity index is 1.92. The smallest absolute Gasteiger partial charge is 0.406 e. The third-order valence-electron chi connectivity index (χ3n) is 3.49. The fourth-order valence-corrected chi connectivity index (χ4v) is 2.94. The van der Waals surface area contributed by atoms with Crippen molar-refractivity contribution in [3.63, 3.8) is 0 Å². The van der Waals surface area contributed by atoms with Crippen molar-refractivity contribution in [2.45, 2.75) is 24.1 Å². The summed E-state index contributed by atoms with van der Waals surface area (Å²) in [5, 5.41) is 2.49. The van der Waals surface area contributed by atoms with E-state index < -0.39 is 28.0 Å². The normalized spacial score (nSPS) is 11.9. The van der Waals surface area contributed by atoms with Gasteiger partial charge in [-0.3, -0.25) is 4.79 Å². The number of hydrogen-bond donors (Lipinski definition) is 2. The van der Waals surface area contributed by atoms with E-state index in [1.165, 1.54) is 31.3 Å². The van der Waals surface area contributed by atoms with Crippen molar-refractivity contribution in [2.24, 2.45) is 0 Å². The average molecular weight is 402 g/mol. The highest BCUT2D eigenvalue weighted by atomic mass is 32.2. The molecular formula is C17H17F3N2O4S. The van der Waals surface area contributed by atoms with E-state index in [1.54, 1.807) is 12.1 Å². The molecule has 0 unspecified atom stereocenters. The molecule has 2 rings (SSSR count). The first-order valence-corrected chi connectivity index (χ1v) is 9.25. The zero-order valence-electron chi connectivity index (χ0n) is 14.2. The molecule has 2 N–H and O–H groups in total. The Hall–Kier alpha value is -2.59. The number of aryl methyl sites for hydroxylation is 1. The van der Waals surface area contributed by atoms with Gasteiger partial charge in [-0.05, 0) is 43.3 Å². The maximum atomic E-state index is 12.2. The molecule has 0 saturated heterocycles. The van der Waals surface area contributed by atoms with Gasteiger partial charge >= 0.3 is 6.36 Å². The number of benzene rings is 2. The van der Waals surface area contributed by atoms with E-state index in [4.69, 9.17) is 0 Å². The summed E-state index contributed by atoms with van der Waals surface area (Å²) in [5.74, 6) is -0.826. The fraction of sp³-hybridized carbons (Fsp3) is 0.235. The minimum absolute atomic E-state index is 0.0719. The van der Waals surface area contributed by atoms with Crippen molar-refractivity contribution in [3.05, 3.63) is 54.1 Å². The van der Waals surface area contributed by atoms with Gasteiger partial charge in [0.05, 0.1) is 4.90 Å². The van der Waals surface area contributed by atoms with Gasteiger partial charge in [-0.25, -0.2) is 13.1 Å². The van der Waals surface area contributed by atoms with E-state index in [-0.39, 0.29) is 17.0 Å². The van der Waals surface area contributed by atoms with E-state index in [9.17, 15) is 26.4 Å². The largest absolute Gasteiger partial charge is 0.573 e. The van der Waals surface area contributed by atoms with Crippen LogP contribution in [-0.4, -0.2) is 27.7 Å². The number of sulfonamides is 1. The molecule has 0 atom stereocenters. The minimum atomic E-state index is -4.81. The second kappa shape index (κ2) is 8.40. The van der Waals surface area contributed by atoms with Gasteiger partial charge < -0.3 is 10.1 Å². The minimum Gasteiger partial charge on any atom is -0.406 e. The van der Waals surface area contributed by atoms with Crippen LogP contribution in [0.25, 0.3) is 0 Å². The number of amides is 1. The molecule has 1 amide bonds. The molecule has 2 aromatic carbocycles. The van der Waals surface area contributed by atoms with Crippen LogP contribution in [0.3, 0.4) is 0 Å². The lowest BCUT2D eigenvalue weighted by molar-refractivity contribution is -0.274. The molecule has 6 nitrogen and oxygen atoms in total. The number of ether oxygens (including phenoxy) is 1. The SMILES string of the molecule is CNS(=O)(=O)c1ccc(CCC(=O)Nc2cccc(OC(F)(F)F)c2)cc1. The topological polar surface area (TPSA) is 84.5 Å². The van der Waals surface area contributed by atoms with Crippen LogP contribution in [0, 0.1) is 0 Å². The molecule has 0 aliphatic heterocycles. The Morgan fingerprint density at radius 2 is 1.78 bits per heavy atom. The number of carbonyl (C=O) groups excluding carboxylic acids is 1. The van der Waals surface area contributed by atoms with E-state index in [0.29, 0.717) is 6.42 Å². The molecule has 27 heavy (non-hydrogen) atoms. The molecule has 0 heterocycles. The molecule has 0 saturated carbocycles. The van der Waals surface area contributed by atoms with Crippen LogP contribution in [0.5, 0.6) is 5.75 Å². The van der Waals surface area contributed by atoms with Crippen LogP contribution in [0.1, 0.15) is 12.0 Å². The molecule has 0 aliphatic carbocycles.